The molecule has 0 atom stereocenters. The molecule has 1 heterocycles. The minimum absolute atomic E-state index is 0.0367. The van der Waals surface area contributed by atoms with Crippen LogP contribution in [-0.4, -0.2) is 30.6 Å². The lowest BCUT2D eigenvalue weighted by Crippen LogP contribution is -2.34. The van der Waals surface area contributed by atoms with Crippen LogP contribution in [0.15, 0.2) is 24.5 Å². The highest BCUT2D eigenvalue weighted by atomic mass is 16.1. The smallest absolute Gasteiger partial charge is 0.234 e. The molecule has 72 valence electrons. The van der Waals surface area contributed by atoms with Crippen LogP contribution in [0.3, 0.4) is 0 Å². The Morgan fingerprint density at radius 3 is 2.69 bits per heavy atom. The highest BCUT2D eigenvalue weighted by molar-refractivity contribution is 5.77. The summed E-state index contributed by atoms with van der Waals surface area (Å²) in [5, 5.41) is 5.59. The molecule has 0 unspecified atom stereocenters. The third kappa shape index (κ3) is 3.75. The number of carbonyl (C=O) groups is 1. The van der Waals surface area contributed by atoms with E-state index in [1.807, 2.05) is 29.1 Å². The van der Waals surface area contributed by atoms with Crippen molar-refractivity contribution in [2.75, 3.05) is 20.1 Å². The Hall–Kier alpha value is -1.29. The standard InChI is InChI=1S/C9H15N3O/c1-10-8-9(13)11-4-7-12-5-2-3-6-12/h2-3,5-6,10H,4,7-8H2,1H3,(H,11,13). The molecular weight excluding hydrogens is 166 g/mol. The number of carbonyl (C=O) groups excluding carboxylic acids is 1. The number of nitrogens with zero attached hydrogens (tertiary/aromatic N) is 1. The Morgan fingerprint density at radius 1 is 1.38 bits per heavy atom. The van der Waals surface area contributed by atoms with Gasteiger partial charge < -0.3 is 15.2 Å². The summed E-state index contributed by atoms with van der Waals surface area (Å²) in [6.45, 7) is 1.88. The van der Waals surface area contributed by atoms with Gasteiger partial charge in [-0.1, -0.05) is 0 Å². The summed E-state index contributed by atoms with van der Waals surface area (Å²) >= 11 is 0. The predicted octanol–water partition coefficient (Wildman–Crippen LogP) is -0.176. The van der Waals surface area contributed by atoms with E-state index in [0.717, 1.165) is 6.54 Å². The second-order valence-corrected chi connectivity index (χ2v) is 2.80. The van der Waals surface area contributed by atoms with Crippen LogP contribution in [0, 0.1) is 0 Å². The molecular formula is C9H15N3O. The molecule has 0 aromatic carbocycles. The summed E-state index contributed by atoms with van der Waals surface area (Å²) in [6.07, 6.45) is 3.95. The fourth-order valence-corrected chi connectivity index (χ4v) is 1.07. The van der Waals surface area contributed by atoms with E-state index in [9.17, 15) is 4.79 Å². The molecule has 0 aliphatic rings. The molecule has 1 amide bonds. The minimum atomic E-state index is 0.0367. The van der Waals surface area contributed by atoms with Crippen molar-refractivity contribution in [2.24, 2.45) is 0 Å². The maximum Gasteiger partial charge on any atom is 0.234 e. The zero-order valence-corrected chi connectivity index (χ0v) is 7.79. The monoisotopic (exact) mass is 181 g/mol. The topological polar surface area (TPSA) is 46.1 Å². The molecule has 0 radical (unpaired) electrons. The molecule has 1 aromatic heterocycles. The van der Waals surface area contributed by atoms with Gasteiger partial charge in [-0.15, -0.1) is 0 Å². The van der Waals surface area contributed by atoms with Crippen molar-refractivity contribution in [1.29, 1.82) is 0 Å². The lowest BCUT2D eigenvalue weighted by Gasteiger charge is -2.05. The van der Waals surface area contributed by atoms with Crippen LogP contribution in [0.2, 0.25) is 0 Å². The first-order chi connectivity index (χ1) is 6.33. The van der Waals surface area contributed by atoms with E-state index < -0.39 is 0 Å². The van der Waals surface area contributed by atoms with Crippen molar-refractivity contribution in [2.45, 2.75) is 6.54 Å². The summed E-state index contributed by atoms with van der Waals surface area (Å²) in [6, 6.07) is 3.94. The maximum atomic E-state index is 11.0. The maximum absolute atomic E-state index is 11.0. The molecule has 0 aliphatic carbocycles. The number of amides is 1. The van der Waals surface area contributed by atoms with Crippen LogP contribution in [0.25, 0.3) is 0 Å². The van der Waals surface area contributed by atoms with E-state index in [1.54, 1.807) is 7.05 Å². The van der Waals surface area contributed by atoms with Crippen LogP contribution in [0.5, 0.6) is 0 Å². The van der Waals surface area contributed by atoms with Crippen molar-refractivity contribution in [3.05, 3.63) is 24.5 Å². The Labute approximate surface area is 77.9 Å². The number of nitrogens with one attached hydrogen (secondary N) is 2. The van der Waals surface area contributed by atoms with Crippen LogP contribution in [-0.2, 0) is 11.3 Å². The molecule has 0 saturated carbocycles. The minimum Gasteiger partial charge on any atom is -0.353 e. The fourth-order valence-electron chi connectivity index (χ4n) is 1.07. The summed E-state index contributed by atoms with van der Waals surface area (Å²) < 4.78 is 2.03. The van der Waals surface area contributed by atoms with Crippen LogP contribution < -0.4 is 10.6 Å². The summed E-state index contributed by atoms with van der Waals surface area (Å²) in [7, 11) is 1.76. The predicted molar refractivity (Wildman–Crippen MR) is 51.4 cm³/mol. The Kier molecular flexibility index (Phi) is 4.05. The number of likely N-dealkylation sites (N-methyl/N-ethyl adjacent to an activating group) is 1. The number of aromatic nitrogens is 1. The lowest BCUT2D eigenvalue weighted by atomic mass is 10.5. The van der Waals surface area contributed by atoms with E-state index in [1.165, 1.54) is 0 Å². The van der Waals surface area contributed by atoms with E-state index in [4.69, 9.17) is 0 Å². The highest BCUT2D eigenvalue weighted by Crippen LogP contribution is 1.87. The third-order valence-corrected chi connectivity index (χ3v) is 1.70. The van der Waals surface area contributed by atoms with Crippen molar-refractivity contribution < 1.29 is 4.79 Å². The van der Waals surface area contributed by atoms with Crippen LogP contribution in [0.4, 0.5) is 0 Å². The average Bonchev–Trinajstić information content (AvgIpc) is 2.57. The van der Waals surface area contributed by atoms with Gasteiger partial charge in [0, 0.05) is 25.5 Å². The van der Waals surface area contributed by atoms with E-state index in [-0.39, 0.29) is 5.91 Å². The van der Waals surface area contributed by atoms with Crippen molar-refractivity contribution in [1.82, 2.24) is 15.2 Å². The fraction of sp³-hybridized carbons (Fsp3) is 0.444. The molecule has 4 heteroatoms. The second kappa shape index (κ2) is 5.37. The molecule has 13 heavy (non-hydrogen) atoms. The average molecular weight is 181 g/mol. The molecule has 0 spiro atoms. The Morgan fingerprint density at radius 2 is 2.08 bits per heavy atom. The molecule has 0 bridgehead atoms. The van der Waals surface area contributed by atoms with Gasteiger partial charge in [-0.3, -0.25) is 4.79 Å². The zero-order chi connectivity index (χ0) is 9.52. The molecule has 0 aliphatic heterocycles. The molecule has 2 N–H and O–H groups in total. The number of rotatable bonds is 5. The molecule has 4 nitrogen and oxygen atoms in total. The van der Waals surface area contributed by atoms with E-state index in [0.29, 0.717) is 13.1 Å². The van der Waals surface area contributed by atoms with Gasteiger partial charge in [0.15, 0.2) is 0 Å². The molecule has 1 aromatic rings. The van der Waals surface area contributed by atoms with Gasteiger partial charge in [0.05, 0.1) is 6.54 Å². The lowest BCUT2D eigenvalue weighted by molar-refractivity contribution is -0.120. The summed E-state index contributed by atoms with van der Waals surface area (Å²) in [5.74, 6) is 0.0367. The summed E-state index contributed by atoms with van der Waals surface area (Å²) in [5.41, 5.74) is 0. The summed E-state index contributed by atoms with van der Waals surface area (Å²) in [4.78, 5) is 11.0. The van der Waals surface area contributed by atoms with Gasteiger partial charge in [-0.05, 0) is 19.2 Å². The van der Waals surface area contributed by atoms with E-state index >= 15 is 0 Å². The first-order valence-electron chi connectivity index (χ1n) is 4.35. The van der Waals surface area contributed by atoms with Crippen molar-refractivity contribution in [3.63, 3.8) is 0 Å². The van der Waals surface area contributed by atoms with Gasteiger partial charge in [0.1, 0.15) is 0 Å². The first-order valence-corrected chi connectivity index (χ1v) is 4.35. The Balaban J connectivity index is 2.11. The zero-order valence-electron chi connectivity index (χ0n) is 7.79. The van der Waals surface area contributed by atoms with Gasteiger partial charge in [0.2, 0.25) is 5.91 Å². The molecule has 0 saturated heterocycles. The second-order valence-electron chi connectivity index (χ2n) is 2.80. The largest absolute Gasteiger partial charge is 0.353 e. The normalized spacial score (nSPS) is 9.92. The van der Waals surface area contributed by atoms with Crippen LogP contribution in [0.1, 0.15) is 0 Å². The highest BCUT2D eigenvalue weighted by Gasteiger charge is 1.96. The van der Waals surface area contributed by atoms with Gasteiger partial charge in [-0.25, -0.2) is 0 Å². The van der Waals surface area contributed by atoms with Gasteiger partial charge in [0.25, 0.3) is 0 Å². The Bertz CT molecular complexity index is 243. The molecule has 1 rings (SSSR count). The first kappa shape index (κ1) is 9.80. The SMILES string of the molecule is CNCC(=O)NCCn1cccc1. The number of hydrogen-bond donors (Lipinski definition) is 2. The van der Waals surface area contributed by atoms with Gasteiger partial charge >= 0.3 is 0 Å². The van der Waals surface area contributed by atoms with E-state index in [2.05, 4.69) is 10.6 Å². The van der Waals surface area contributed by atoms with Crippen LogP contribution >= 0.6 is 0 Å². The van der Waals surface area contributed by atoms with Gasteiger partial charge in [-0.2, -0.15) is 0 Å². The van der Waals surface area contributed by atoms with Crippen molar-refractivity contribution in [3.8, 4) is 0 Å². The third-order valence-electron chi connectivity index (χ3n) is 1.70. The molecule has 0 fully saturated rings. The van der Waals surface area contributed by atoms with Crippen molar-refractivity contribution >= 4 is 5.91 Å². The quantitative estimate of drug-likeness (QED) is 0.662. The number of hydrogen-bond acceptors (Lipinski definition) is 2.